The summed E-state index contributed by atoms with van der Waals surface area (Å²) in [5.41, 5.74) is 3.72. The Morgan fingerprint density at radius 2 is 1.67 bits per heavy atom. The number of aliphatic hydroxyl groups excluding tert-OH is 1. The first-order valence-corrected chi connectivity index (χ1v) is 14.7. The first kappa shape index (κ1) is 31.9. The molecule has 0 radical (unpaired) electrons. The van der Waals surface area contributed by atoms with Crippen LogP contribution in [-0.4, -0.2) is 51.4 Å². The van der Waals surface area contributed by atoms with E-state index in [9.17, 15) is 15.0 Å². The van der Waals surface area contributed by atoms with Crippen LogP contribution in [0.25, 0.3) is 11.1 Å². The first-order chi connectivity index (χ1) is 20.3. The second kappa shape index (κ2) is 13.1. The third kappa shape index (κ3) is 7.70. The molecule has 1 heterocycles. The molecule has 0 amide bonds. The maximum atomic E-state index is 15.6. The molecule has 2 N–H and O–H groups in total. The SMILES string of the molecule is CCOc1ccc(-c2cccc(C(F)(F)CCC3=NN(Cc4ccc(C(C)(C)C)cc4)C(O)N3CC)c2)cc1CC(=O)O. The van der Waals surface area contributed by atoms with Gasteiger partial charge in [-0.3, -0.25) is 4.79 Å². The van der Waals surface area contributed by atoms with E-state index in [4.69, 9.17) is 4.74 Å². The Bertz CT molecular complexity index is 1450. The van der Waals surface area contributed by atoms with Gasteiger partial charge in [0.15, 0.2) is 0 Å². The van der Waals surface area contributed by atoms with Gasteiger partial charge in [0.2, 0.25) is 6.35 Å². The Labute approximate surface area is 252 Å². The quantitative estimate of drug-likeness (QED) is 0.236. The lowest BCUT2D eigenvalue weighted by Crippen LogP contribution is -2.41. The van der Waals surface area contributed by atoms with Gasteiger partial charge in [-0.1, -0.05) is 69.3 Å². The van der Waals surface area contributed by atoms with E-state index in [1.165, 1.54) is 22.7 Å². The molecule has 1 atom stereocenters. The second-order valence-corrected chi connectivity index (χ2v) is 11.8. The molecule has 4 rings (SSSR count). The number of benzene rings is 3. The Balaban J connectivity index is 1.49. The van der Waals surface area contributed by atoms with Crippen molar-refractivity contribution in [2.24, 2.45) is 5.10 Å². The number of rotatable bonds is 12. The molecule has 7 nitrogen and oxygen atoms in total. The van der Waals surface area contributed by atoms with Crippen molar-refractivity contribution >= 4 is 11.8 Å². The largest absolute Gasteiger partial charge is 0.494 e. The number of aliphatic hydroxyl groups is 1. The summed E-state index contributed by atoms with van der Waals surface area (Å²) in [6.07, 6.45) is -1.77. The lowest BCUT2D eigenvalue weighted by Gasteiger charge is -2.27. The van der Waals surface area contributed by atoms with E-state index < -0.39 is 24.7 Å². The van der Waals surface area contributed by atoms with Crippen LogP contribution in [0.3, 0.4) is 0 Å². The number of carboxylic acids is 1. The molecule has 0 bridgehead atoms. The molecule has 0 aliphatic carbocycles. The number of carboxylic acid groups (broad SMARTS) is 1. The lowest BCUT2D eigenvalue weighted by molar-refractivity contribution is -0.136. The second-order valence-electron chi connectivity index (χ2n) is 11.8. The Morgan fingerprint density at radius 3 is 2.30 bits per heavy atom. The van der Waals surface area contributed by atoms with Crippen LogP contribution < -0.4 is 4.74 Å². The highest BCUT2D eigenvalue weighted by atomic mass is 19.3. The minimum atomic E-state index is -3.16. The summed E-state index contributed by atoms with van der Waals surface area (Å²) in [4.78, 5) is 13.0. The first-order valence-electron chi connectivity index (χ1n) is 14.7. The molecule has 1 unspecified atom stereocenters. The average Bonchev–Trinajstić information content (AvgIpc) is 3.26. The van der Waals surface area contributed by atoms with Crippen molar-refractivity contribution in [3.63, 3.8) is 0 Å². The molecule has 0 aromatic heterocycles. The van der Waals surface area contributed by atoms with Crippen LogP contribution in [0, 0.1) is 0 Å². The Morgan fingerprint density at radius 1 is 0.977 bits per heavy atom. The van der Waals surface area contributed by atoms with Crippen molar-refractivity contribution in [2.75, 3.05) is 13.2 Å². The number of hydrazone groups is 1. The van der Waals surface area contributed by atoms with Gasteiger partial charge in [0, 0.05) is 30.5 Å². The Kier molecular flexibility index (Phi) is 9.75. The van der Waals surface area contributed by atoms with Crippen LogP contribution in [0.2, 0.25) is 0 Å². The third-order valence-corrected chi connectivity index (χ3v) is 7.61. The van der Waals surface area contributed by atoms with Gasteiger partial charge in [0.25, 0.3) is 5.92 Å². The fourth-order valence-electron chi connectivity index (χ4n) is 5.20. The van der Waals surface area contributed by atoms with Gasteiger partial charge in [-0.15, -0.1) is 0 Å². The molecular formula is C34H41F2N3O4. The summed E-state index contributed by atoms with van der Waals surface area (Å²) in [7, 11) is 0. The van der Waals surface area contributed by atoms with Crippen LogP contribution >= 0.6 is 0 Å². The zero-order chi connectivity index (χ0) is 31.4. The monoisotopic (exact) mass is 593 g/mol. The molecule has 0 fully saturated rings. The summed E-state index contributed by atoms with van der Waals surface area (Å²) in [6.45, 7) is 11.3. The molecule has 230 valence electrons. The number of amidine groups is 1. The molecule has 0 saturated heterocycles. The molecule has 9 heteroatoms. The van der Waals surface area contributed by atoms with Crippen molar-refractivity contribution < 1.29 is 28.5 Å². The van der Waals surface area contributed by atoms with E-state index in [0.29, 0.717) is 48.0 Å². The maximum Gasteiger partial charge on any atom is 0.307 e. The normalized spacial score (nSPS) is 15.5. The minimum absolute atomic E-state index is 0.0204. The van der Waals surface area contributed by atoms with Gasteiger partial charge in [0.05, 0.1) is 19.6 Å². The zero-order valence-corrected chi connectivity index (χ0v) is 25.5. The van der Waals surface area contributed by atoms with E-state index >= 15 is 8.78 Å². The van der Waals surface area contributed by atoms with Crippen molar-refractivity contribution in [1.82, 2.24) is 9.91 Å². The third-order valence-electron chi connectivity index (χ3n) is 7.61. The van der Waals surface area contributed by atoms with Gasteiger partial charge in [-0.25, -0.2) is 13.8 Å². The summed E-state index contributed by atoms with van der Waals surface area (Å²) >= 11 is 0. The van der Waals surface area contributed by atoms with Gasteiger partial charge in [0.1, 0.15) is 11.6 Å². The van der Waals surface area contributed by atoms with Crippen LogP contribution in [0.5, 0.6) is 5.75 Å². The molecule has 1 aliphatic heterocycles. The fraction of sp³-hybridized carbons (Fsp3) is 0.412. The van der Waals surface area contributed by atoms with E-state index in [-0.39, 0.29) is 23.8 Å². The van der Waals surface area contributed by atoms with E-state index in [2.05, 4.69) is 38.0 Å². The zero-order valence-electron chi connectivity index (χ0n) is 25.5. The van der Waals surface area contributed by atoms with Crippen molar-refractivity contribution in [1.29, 1.82) is 0 Å². The minimum Gasteiger partial charge on any atom is -0.494 e. The number of ether oxygens (including phenoxy) is 1. The molecule has 0 spiro atoms. The van der Waals surface area contributed by atoms with Crippen LogP contribution in [0.1, 0.15) is 69.7 Å². The summed E-state index contributed by atoms with van der Waals surface area (Å²) in [6, 6.07) is 19.4. The van der Waals surface area contributed by atoms with Crippen LogP contribution in [0.4, 0.5) is 8.78 Å². The standard InChI is InChI=1S/C34H41F2N3O4/c1-6-38-30(37-39(32(38)42)22-23-11-14-27(15-12-23)33(3,4)5)17-18-34(35,36)28-10-8-9-24(20-28)25-13-16-29(43-7-2)26(19-25)21-31(40)41/h8-16,19-20,32,42H,6-7,17-18,21-22H2,1-5H3,(H,40,41). The molecule has 3 aromatic rings. The lowest BCUT2D eigenvalue weighted by atomic mass is 9.87. The fourth-order valence-corrected chi connectivity index (χ4v) is 5.20. The van der Waals surface area contributed by atoms with Crippen molar-refractivity contribution in [3.05, 3.63) is 89.0 Å². The number of alkyl halides is 2. The number of nitrogens with zero attached hydrogens (tertiary/aromatic N) is 3. The number of hydrogen-bond acceptors (Lipinski definition) is 6. The van der Waals surface area contributed by atoms with Crippen LogP contribution in [-0.2, 0) is 29.1 Å². The van der Waals surface area contributed by atoms with E-state index in [0.717, 1.165) is 5.56 Å². The average molecular weight is 594 g/mol. The van der Waals surface area contributed by atoms with Crippen molar-refractivity contribution in [2.45, 2.75) is 78.1 Å². The molecule has 43 heavy (non-hydrogen) atoms. The van der Waals surface area contributed by atoms with E-state index in [1.807, 2.05) is 26.0 Å². The van der Waals surface area contributed by atoms with Crippen LogP contribution in [0.15, 0.2) is 71.8 Å². The maximum absolute atomic E-state index is 15.6. The smallest absolute Gasteiger partial charge is 0.307 e. The van der Waals surface area contributed by atoms with Gasteiger partial charge in [-0.05, 0) is 59.7 Å². The van der Waals surface area contributed by atoms with Gasteiger partial charge in [-0.2, -0.15) is 5.10 Å². The highest BCUT2D eigenvalue weighted by Gasteiger charge is 2.36. The van der Waals surface area contributed by atoms with E-state index in [1.54, 1.807) is 35.2 Å². The predicted octanol–water partition coefficient (Wildman–Crippen LogP) is 6.98. The van der Waals surface area contributed by atoms with Gasteiger partial charge < -0.3 is 19.8 Å². The molecule has 1 aliphatic rings. The Hall–Kier alpha value is -3.98. The van der Waals surface area contributed by atoms with Gasteiger partial charge >= 0.3 is 5.97 Å². The summed E-state index contributed by atoms with van der Waals surface area (Å²) < 4.78 is 36.7. The number of carbonyl (C=O) groups is 1. The number of hydrogen-bond donors (Lipinski definition) is 2. The highest BCUT2D eigenvalue weighted by molar-refractivity contribution is 5.83. The summed E-state index contributed by atoms with van der Waals surface area (Å²) in [5, 5.41) is 26.3. The summed E-state index contributed by atoms with van der Waals surface area (Å²) in [5.74, 6) is -3.28. The highest BCUT2D eigenvalue weighted by Crippen LogP contribution is 2.37. The van der Waals surface area contributed by atoms with Crippen molar-refractivity contribution in [3.8, 4) is 16.9 Å². The predicted molar refractivity (Wildman–Crippen MR) is 164 cm³/mol. The molecular weight excluding hydrogens is 552 g/mol. The molecule has 0 saturated carbocycles. The number of halogens is 2. The topological polar surface area (TPSA) is 85.6 Å². The molecule has 3 aromatic carbocycles. The number of aliphatic carboxylic acids is 1.